The molecule has 0 aliphatic heterocycles. The molecule has 1 saturated carbocycles. The van der Waals surface area contributed by atoms with E-state index in [1.165, 1.54) is 12.1 Å². The molecule has 0 N–H and O–H groups in total. The van der Waals surface area contributed by atoms with Crippen molar-refractivity contribution in [2.75, 3.05) is 6.54 Å². The Morgan fingerprint density at radius 1 is 1.30 bits per heavy atom. The van der Waals surface area contributed by atoms with Gasteiger partial charge in [0.2, 0.25) is 5.91 Å². The third-order valence-corrected chi connectivity index (χ3v) is 4.13. The van der Waals surface area contributed by atoms with Crippen LogP contribution in [0.25, 0.3) is 0 Å². The Balaban J connectivity index is 1.72. The van der Waals surface area contributed by atoms with Crippen LogP contribution in [0.2, 0.25) is 0 Å². The molecule has 1 aliphatic rings. The molecule has 1 aliphatic carbocycles. The van der Waals surface area contributed by atoms with Gasteiger partial charge in [-0.05, 0) is 42.7 Å². The van der Waals surface area contributed by atoms with E-state index in [0.29, 0.717) is 19.6 Å². The highest BCUT2D eigenvalue weighted by Gasteiger charge is 2.33. The van der Waals surface area contributed by atoms with Gasteiger partial charge < -0.3 is 9.47 Å². The first kappa shape index (κ1) is 15.5. The Hall–Kier alpha value is -2.36. The summed E-state index contributed by atoms with van der Waals surface area (Å²) in [5.41, 5.74) is 2.11. The standard InChI is InChI=1S/C19H21FN2O/c1-2-11-22(19(23)16-7-8-16)14-18-4-3-12-21(18)13-15-5-9-17(20)10-6-15/h2-6,9-10,12,16H,1,7-8,11,13-14H2. The van der Waals surface area contributed by atoms with E-state index in [-0.39, 0.29) is 17.6 Å². The molecule has 0 bridgehead atoms. The number of hydrogen-bond donors (Lipinski definition) is 0. The van der Waals surface area contributed by atoms with Gasteiger partial charge in [0.25, 0.3) is 0 Å². The van der Waals surface area contributed by atoms with Crippen LogP contribution in [0.15, 0.2) is 55.3 Å². The van der Waals surface area contributed by atoms with E-state index in [0.717, 1.165) is 24.1 Å². The summed E-state index contributed by atoms with van der Waals surface area (Å²) >= 11 is 0. The molecule has 120 valence electrons. The molecule has 4 heteroatoms. The predicted octanol–water partition coefficient (Wildman–Crippen LogP) is 3.60. The van der Waals surface area contributed by atoms with Crippen LogP contribution in [0, 0.1) is 11.7 Å². The zero-order chi connectivity index (χ0) is 16.2. The van der Waals surface area contributed by atoms with E-state index in [1.54, 1.807) is 18.2 Å². The Morgan fingerprint density at radius 2 is 2.04 bits per heavy atom. The molecule has 3 nitrogen and oxygen atoms in total. The normalized spacial score (nSPS) is 13.8. The van der Waals surface area contributed by atoms with Crippen LogP contribution < -0.4 is 0 Å². The number of carbonyl (C=O) groups excluding carboxylic acids is 1. The molecule has 2 aromatic rings. The van der Waals surface area contributed by atoms with E-state index in [2.05, 4.69) is 11.1 Å². The minimum Gasteiger partial charge on any atom is -0.345 e. The number of carbonyl (C=O) groups is 1. The van der Waals surface area contributed by atoms with Crippen molar-refractivity contribution in [2.24, 2.45) is 5.92 Å². The number of hydrogen-bond acceptors (Lipinski definition) is 1. The fourth-order valence-electron chi connectivity index (χ4n) is 2.71. The van der Waals surface area contributed by atoms with Gasteiger partial charge in [-0.15, -0.1) is 6.58 Å². The quantitative estimate of drug-likeness (QED) is 0.717. The summed E-state index contributed by atoms with van der Waals surface area (Å²) in [6.45, 7) is 5.57. The maximum absolute atomic E-state index is 13.0. The van der Waals surface area contributed by atoms with E-state index in [4.69, 9.17) is 0 Å². The number of halogens is 1. The second kappa shape index (κ2) is 6.82. The lowest BCUT2D eigenvalue weighted by Gasteiger charge is -2.22. The summed E-state index contributed by atoms with van der Waals surface area (Å²) in [7, 11) is 0. The van der Waals surface area contributed by atoms with Crippen LogP contribution >= 0.6 is 0 Å². The van der Waals surface area contributed by atoms with Gasteiger partial charge in [-0.3, -0.25) is 4.79 Å². The van der Waals surface area contributed by atoms with E-state index >= 15 is 0 Å². The Kier molecular flexibility index (Phi) is 4.60. The number of amides is 1. The molecule has 1 heterocycles. The van der Waals surface area contributed by atoms with Crippen LogP contribution in [0.5, 0.6) is 0 Å². The van der Waals surface area contributed by atoms with Crippen molar-refractivity contribution in [2.45, 2.75) is 25.9 Å². The lowest BCUT2D eigenvalue weighted by molar-refractivity contribution is -0.132. The Labute approximate surface area is 136 Å². The van der Waals surface area contributed by atoms with Gasteiger partial charge in [0.05, 0.1) is 6.54 Å². The second-order valence-corrected chi connectivity index (χ2v) is 6.04. The summed E-state index contributed by atoms with van der Waals surface area (Å²) in [5, 5.41) is 0. The average molecular weight is 312 g/mol. The topological polar surface area (TPSA) is 25.2 Å². The molecule has 1 aromatic heterocycles. The molecule has 0 radical (unpaired) electrons. The molecule has 23 heavy (non-hydrogen) atoms. The number of nitrogens with zero attached hydrogens (tertiary/aromatic N) is 2. The molecule has 0 atom stereocenters. The minimum atomic E-state index is -0.228. The van der Waals surface area contributed by atoms with Crippen LogP contribution in [0.1, 0.15) is 24.1 Å². The van der Waals surface area contributed by atoms with E-state index in [1.807, 2.05) is 23.2 Å². The molecule has 1 aromatic carbocycles. The second-order valence-electron chi connectivity index (χ2n) is 6.04. The summed E-state index contributed by atoms with van der Waals surface area (Å²) in [5.74, 6) is 0.198. The highest BCUT2D eigenvalue weighted by Crippen LogP contribution is 2.31. The Morgan fingerprint density at radius 3 is 2.70 bits per heavy atom. The zero-order valence-electron chi connectivity index (χ0n) is 13.1. The SMILES string of the molecule is C=CCN(Cc1cccn1Cc1ccc(F)cc1)C(=O)C1CC1. The van der Waals surface area contributed by atoms with Crippen molar-refractivity contribution in [1.82, 2.24) is 9.47 Å². The number of aromatic nitrogens is 1. The average Bonchev–Trinajstić information content (AvgIpc) is 3.31. The van der Waals surface area contributed by atoms with Gasteiger partial charge >= 0.3 is 0 Å². The zero-order valence-corrected chi connectivity index (χ0v) is 13.1. The minimum absolute atomic E-state index is 0.204. The van der Waals surface area contributed by atoms with Gasteiger partial charge in [0.1, 0.15) is 5.82 Å². The monoisotopic (exact) mass is 312 g/mol. The van der Waals surface area contributed by atoms with Gasteiger partial charge in [-0.25, -0.2) is 4.39 Å². The third kappa shape index (κ3) is 3.89. The highest BCUT2D eigenvalue weighted by atomic mass is 19.1. The molecular formula is C19H21FN2O. The molecule has 1 amide bonds. The summed E-state index contributed by atoms with van der Waals surface area (Å²) in [6.07, 6.45) is 5.77. The largest absolute Gasteiger partial charge is 0.345 e. The van der Waals surface area contributed by atoms with Crippen molar-refractivity contribution < 1.29 is 9.18 Å². The van der Waals surface area contributed by atoms with Crippen molar-refractivity contribution >= 4 is 5.91 Å². The van der Waals surface area contributed by atoms with Crippen LogP contribution in [0.4, 0.5) is 4.39 Å². The van der Waals surface area contributed by atoms with Crippen LogP contribution in [0.3, 0.4) is 0 Å². The maximum atomic E-state index is 13.0. The summed E-state index contributed by atoms with van der Waals surface area (Å²) < 4.78 is 15.1. The van der Waals surface area contributed by atoms with Gasteiger partial charge in [0.15, 0.2) is 0 Å². The summed E-state index contributed by atoms with van der Waals surface area (Å²) in [4.78, 5) is 14.2. The molecular weight excluding hydrogens is 291 g/mol. The first-order chi connectivity index (χ1) is 11.2. The maximum Gasteiger partial charge on any atom is 0.226 e. The van der Waals surface area contributed by atoms with E-state index in [9.17, 15) is 9.18 Å². The van der Waals surface area contributed by atoms with E-state index < -0.39 is 0 Å². The molecule has 3 rings (SSSR count). The van der Waals surface area contributed by atoms with Gasteiger partial charge in [0, 0.05) is 30.9 Å². The lowest BCUT2D eigenvalue weighted by atomic mass is 10.2. The molecule has 0 spiro atoms. The first-order valence-corrected chi connectivity index (χ1v) is 7.95. The van der Waals surface area contributed by atoms with Crippen molar-refractivity contribution in [3.8, 4) is 0 Å². The van der Waals surface area contributed by atoms with Crippen LogP contribution in [-0.4, -0.2) is 21.9 Å². The van der Waals surface area contributed by atoms with Crippen molar-refractivity contribution in [3.63, 3.8) is 0 Å². The number of rotatable bonds is 7. The third-order valence-electron chi connectivity index (χ3n) is 4.13. The van der Waals surface area contributed by atoms with Crippen LogP contribution in [-0.2, 0) is 17.9 Å². The first-order valence-electron chi connectivity index (χ1n) is 7.95. The van der Waals surface area contributed by atoms with Crippen molar-refractivity contribution in [3.05, 3.63) is 72.3 Å². The molecule has 1 fully saturated rings. The Bertz CT molecular complexity index is 686. The highest BCUT2D eigenvalue weighted by molar-refractivity contribution is 5.81. The van der Waals surface area contributed by atoms with Gasteiger partial charge in [-0.1, -0.05) is 18.2 Å². The molecule has 0 saturated heterocycles. The fraction of sp³-hybridized carbons (Fsp3) is 0.316. The summed E-state index contributed by atoms with van der Waals surface area (Å²) in [6, 6.07) is 10.5. The smallest absolute Gasteiger partial charge is 0.226 e. The predicted molar refractivity (Wildman–Crippen MR) is 88.3 cm³/mol. The lowest BCUT2D eigenvalue weighted by Crippen LogP contribution is -2.32. The fourth-order valence-corrected chi connectivity index (χ4v) is 2.71. The molecule has 0 unspecified atom stereocenters. The number of benzene rings is 1. The van der Waals surface area contributed by atoms with Gasteiger partial charge in [-0.2, -0.15) is 0 Å². The van der Waals surface area contributed by atoms with Crippen molar-refractivity contribution in [1.29, 1.82) is 0 Å².